The highest BCUT2D eigenvalue weighted by atomic mass is 16.4. The molecule has 6 aromatic rings. The van der Waals surface area contributed by atoms with Crippen LogP contribution in [-0.2, 0) is 0 Å². The van der Waals surface area contributed by atoms with Crippen LogP contribution in [0.25, 0.3) is 55.4 Å². The van der Waals surface area contributed by atoms with Gasteiger partial charge in [-0.1, -0.05) is 42.5 Å². The van der Waals surface area contributed by atoms with Gasteiger partial charge in [0.25, 0.3) is 0 Å². The van der Waals surface area contributed by atoms with Crippen LogP contribution in [0.3, 0.4) is 0 Å². The number of aromatic nitrogens is 4. The van der Waals surface area contributed by atoms with Crippen LogP contribution in [0, 0.1) is 0 Å². The van der Waals surface area contributed by atoms with E-state index in [2.05, 4.69) is 15.0 Å². The maximum absolute atomic E-state index is 11.8. The second kappa shape index (κ2) is 6.99. The van der Waals surface area contributed by atoms with E-state index in [0.29, 0.717) is 11.4 Å². The molecule has 0 radical (unpaired) electrons. The maximum atomic E-state index is 11.8. The van der Waals surface area contributed by atoms with Crippen LogP contribution in [0.5, 0.6) is 0 Å². The molecule has 3 aromatic heterocycles. The van der Waals surface area contributed by atoms with Crippen molar-refractivity contribution in [3.05, 3.63) is 90.8 Å². The molecule has 152 valence electrons. The quantitative estimate of drug-likeness (QED) is 0.362. The van der Waals surface area contributed by atoms with E-state index in [-0.39, 0.29) is 5.56 Å². The van der Waals surface area contributed by atoms with Gasteiger partial charge in [-0.3, -0.25) is 9.97 Å². The van der Waals surface area contributed by atoms with Gasteiger partial charge in [0.2, 0.25) is 0 Å². The Morgan fingerprint density at radius 3 is 2.06 bits per heavy atom. The van der Waals surface area contributed by atoms with Crippen molar-refractivity contribution in [3.8, 4) is 22.5 Å². The molecule has 32 heavy (non-hydrogen) atoms. The van der Waals surface area contributed by atoms with Crippen molar-refractivity contribution in [3.63, 3.8) is 0 Å². The van der Waals surface area contributed by atoms with Gasteiger partial charge in [-0.2, -0.15) is 0 Å². The van der Waals surface area contributed by atoms with Gasteiger partial charge in [0.05, 0.1) is 27.6 Å². The molecule has 0 aliphatic heterocycles. The Morgan fingerprint density at radius 1 is 0.688 bits per heavy atom. The Morgan fingerprint density at radius 2 is 1.31 bits per heavy atom. The molecule has 0 spiro atoms. The number of nitrogens with one attached hydrogen (secondary N) is 1. The van der Waals surface area contributed by atoms with E-state index in [1.807, 2.05) is 60.7 Å². The normalized spacial score (nSPS) is 11.4. The summed E-state index contributed by atoms with van der Waals surface area (Å²) in [7, 11) is 0. The van der Waals surface area contributed by atoms with Gasteiger partial charge < -0.3 is 10.1 Å². The highest BCUT2D eigenvalue weighted by Crippen LogP contribution is 2.37. The van der Waals surface area contributed by atoms with E-state index in [1.165, 1.54) is 0 Å². The minimum absolute atomic E-state index is 0.250. The molecule has 0 aliphatic carbocycles. The fraction of sp³-hybridized carbons (Fsp3) is 0. The number of H-pyrrole nitrogens is 1. The minimum atomic E-state index is -0.964. The average molecular weight is 416 g/mol. The molecular formula is C26H16N4O2. The number of pyridine rings is 2. The number of imidazole rings is 1. The van der Waals surface area contributed by atoms with Crippen molar-refractivity contribution in [1.29, 1.82) is 0 Å². The first-order chi connectivity index (χ1) is 15.7. The van der Waals surface area contributed by atoms with Gasteiger partial charge in [0.15, 0.2) is 0 Å². The van der Waals surface area contributed by atoms with E-state index in [1.54, 1.807) is 24.5 Å². The first-order valence-electron chi connectivity index (χ1n) is 10.2. The van der Waals surface area contributed by atoms with Crippen LogP contribution in [-0.4, -0.2) is 31.0 Å². The zero-order valence-corrected chi connectivity index (χ0v) is 16.8. The summed E-state index contributed by atoms with van der Waals surface area (Å²) in [6.45, 7) is 0. The summed E-state index contributed by atoms with van der Waals surface area (Å²) in [6.07, 6.45) is 3.52. The Labute approximate surface area is 182 Å². The SMILES string of the molecule is O=C(O)c1ccccc1-c1ccccc1-c1nc2c3cccnc3c3ncccc3c2[nH]1. The van der Waals surface area contributed by atoms with Crippen LogP contribution < -0.4 is 0 Å². The van der Waals surface area contributed by atoms with Crippen molar-refractivity contribution in [2.75, 3.05) is 0 Å². The summed E-state index contributed by atoms with van der Waals surface area (Å²) in [4.78, 5) is 29.4. The molecule has 0 amide bonds. The molecular weight excluding hydrogens is 400 g/mol. The number of fused-ring (bicyclic) bond motifs is 6. The molecule has 0 saturated carbocycles. The molecule has 2 N–H and O–H groups in total. The lowest BCUT2D eigenvalue weighted by molar-refractivity contribution is 0.0697. The smallest absolute Gasteiger partial charge is 0.336 e. The topological polar surface area (TPSA) is 91.8 Å². The van der Waals surface area contributed by atoms with Crippen LogP contribution >= 0.6 is 0 Å². The molecule has 3 heterocycles. The van der Waals surface area contributed by atoms with E-state index < -0.39 is 5.97 Å². The van der Waals surface area contributed by atoms with E-state index in [4.69, 9.17) is 4.98 Å². The standard InChI is InChI=1S/C26H16N4O2/c31-26(32)18-10-4-2-8-16(18)15-7-1-3-9-17(15)25-29-23-19-11-5-13-27-21(19)22-20(24(23)30-25)12-6-14-28-22/h1-14H,(H,29,30)(H,31,32). The van der Waals surface area contributed by atoms with Gasteiger partial charge in [0.1, 0.15) is 5.82 Å². The lowest BCUT2D eigenvalue weighted by Gasteiger charge is -2.10. The molecule has 3 aromatic carbocycles. The molecule has 0 fully saturated rings. The van der Waals surface area contributed by atoms with Crippen molar-refractivity contribution in [1.82, 2.24) is 19.9 Å². The predicted octanol–water partition coefficient (Wildman–Crippen LogP) is 5.69. The average Bonchev–Trinajstić information content (AvgIpc) is 3.30. The molecule has 0 unspecified atom stereocenters. The molecule has 0 atom stereocenters. The summed E-state index contributed by atoms with van der Waals surface area (Å²) in [5.41, 5.74) is 5.83. The second-order valence-electron chi connectivity index (χ2n) is 7.50. The largest absolute Gasteiger partial charge is 0.478 e. The highest BCUT2D eigenvalue weighted by molar-refractivity contribution is 6.21. The number of nitrogens with zero attached hydrogens (tertiary/aromatic N) is 3. The van der Waals surface area contributed by atoms with Crippen molar-refractivity contribution < 1.29 is 9.90 Å². The number of aromatic carboxylic acids is 1. The summed E-state index contributed by atoms with van der Waals surface area (Å²) in [6, 6.07) is 22.5. The van der Waals surface area contributed by atoms with Crippen LogP contribution in [0.4, 0.5) is 0 Å². The predicted molar refractivity (Wildman–Crippen MR) is 125 cm³/mol. The molecule has 6 rings (SSSR count). The van der Waals surface area contributed by atoms with Crippen LogP contribution in [0.15, 0.2) is 85.2 Å². The second-order valence-corrected chi connectivity index (χ2v) is 7.50. The maximum Gasteiger partial charge on any atom is 0.336 e. The Balaban J connectivity index is 1.68. The van der Waals surface area contributed by atoms with E-state index in [9.17, 15) is 9.90 Å². The summed E-state index contributed by atoms with van der Waals surface area (Å²) in [5.74, 6) is -0.300. The fourth-order valence-electron chi connectivity index (χ4n) is 4.30. The number of hydrogen-bond donors (Lipinski definition) is 2. The summed E-state index contributed by atoms with van der Waals surface area (Å²) >= 11 is 0. The van der Waals surface area contributed by atoms with Crippen LogP contribution in [0.2, 0.25) is 0 Å². The van der Waals surface area contributed by atoms with Gasteiger partial charge in [-0.05, 0) is 41.5 Å². The zero-order chi connectivity index (χ0) is 21.7. The minimum Gasteiger partial charge on any atom is -0.478 e. The van der Waals surface area contributed by atoms with Gasteiger partial charge in [0, 0.05) is 28.7 Å². The third kappa shape index (κ3) is 2.66. The molecule has 6 heteroatoms. The van der Waals surface area contributed by atoms with Crippen molar-refractivity contribution in [2.24, 2.45) is 0 Å². The fourth-order valence-corrected chi connectivity index (χ4v) is 4.30. The number of rotatable bonds is 3. The van der Waals surface area contributed by atoms with Crippen molar-refractivity contribution >= 4 is 38.8 Å². The Bertz CT molecular complexity index is 1600. The number of carboxylic acid groups (broad SMARTS) is 1. The Kier molecular flexibility index (Phi) is 3.98. The summed E-state index contributed by atoms with van der Waals surface area (Å²) < 4.78 is 0. The van der Waals surface area contributed by atoms with Crippen LogP contribution in [0.1, 0.15) is 10.4 Å². The monoisotopic (exact) mass is 416 g/mol. The number of aromatic amines is 1. The number of carbonyl (C=O) groups is 1. The summed E-state index contributed by atoms with van der Waals surface area (Å²) in [5, 5.41) is 11.6. The van der Waals surface area contributed by atoms with E-state index >= 15 is 0 Å². The number of benzene rings is 3. The number of hydrogen-bond acceptors (Lipinski definition) is 4. The molecule has 0 aliphatic rings. The van der Waals surface area contributed by atoms with Crippen molar-refractivity contribution in [2.45, 2.75) is 0 Å². The van der Waals surface area contributed by atoms with Gasteiger partial charge in [-0.15, -0.1) is 0 Å². The number of carboxylic acids is 1. The van der Waals surface area contributed by atoms with E-state index in [0.717, 1.165) is 44.0 Å². The first kappa shape index (κ1) is 18.2. The zero-order valence-electron chi connectivity index (χ0n) is 16.8. The third-order valence-electron chi connectivity index (χ3n) is 5.70. The molecule has 6 nitrogen and oxygen atoms in total. The highest BCUT2D eigenvalue weighted by Gasteiger charge is 2.19. The lowest BCUT2D eigenvalue weighted by atomic mass is 9.95. The molecule has 0 bridgehead atoms. The third-order valence-corrected chi connectivity index (χ3v) is 5.70. The van der Waals surface area contributed by atoms with Gasteiger partial charge in [-0.25, -0.2) is 9.78 Å². The lowest BCUT2D eigenvalue weighted by Crippen LogP contribution is -2.00. The Hall–Kier alpha value is -4.58. The first-order valence-corrected chi connectivity index (χ1v) is 10.2. The van der Waals surface area contributed by atoms with Gasteiger partial charge >= 0.3 is 5.97 Å². The molecule has 0 saturated heterocycles.